The van der Waals surface area contributed by atoms with Crippen molar-refractivity contribution in [2.75, 3.05) is 19.7 Å². The molecule has 1 fully saturated rings. The van der Waals surface area contributed by atoms with Gasteiger partial charge in [-0.25, -0.2) is 13.4 Å². The molecule has 1 saturated heterocycles. The zero-order chi connectivity index (χ0) is 21.0. The van der Waals surface area contributed by atoms with Gasteiger partial charge in [0, 0.05) is 18.3 Å². The lowest BCUT2D eigenvalue weighted by molar-refractivity contribution is -0.119. The highest BCUT2D eigenvalue weighted by molar-refractivity contribution is 7.89. The SMILES string of the molecule is Cc1cc(OC2CCCN(S(=O)(=O)c3ccc(OCC(N)=O)cc3)C2)nc(C)n1. The van der Waals surface area contributed by atoms with Crippen LogP contribution in [-0.2, 0) is 14.8 Å². The van der Waals surface area contributed by atoms with Gasteiger partial charge in [0.1, 0.15) is 17.7 Å². The Bertz CT molecular complexity index is 958. The molecule has 2 N–H and O–H groups in total. The number of aromatic nitrogens is 2. The molecule has 0 saturated carbocycles. The fraction of sp³-hybridized carbons (Fsp3) is 0.421. The van der Waals surface area contributed by atoms with E-state index in [1.54, 1.807) is 13.0 Å². The Morgan fingerprint density at radius 3 is 2.62 bits per heavy atom. The maximum absolute atomic E-state index is 13.0. The van der Waals surface area contributed by atoms with Crippen LogP contribution in [0.5, 0.6) is 11.6 Å². The number of hydrogen-bond donors (Lipinski definition) is 1. The average molecular weight is 420 g/mol. The average Bonchev–Trinajstić information content (AvgIpc) is 2.66. The Hall–Kier alpha value is -2.72. The highest BCUT2D eigenvalue weighted by Gasteiger charge is 2.31. The van der Waals surface area contributed by atoms with Crippen molar-refractivity contribution in [3.8, 4) is 11.6 Å². The lowest BCUT2D eigenvalue weighted by Crippen LogP contribution is -2.44. The predicted octanol–water partition coefficient (Wildman–Crippen LogP) is 1.19. The molecule has 156 valence electrons. The van der Waals surface area contributed by atoms with E-state index in [0.717, 1.165) is 12.1 Å². The summed E-state index contributed by atoms with van der Waals surface area (Å²) < 4.78 is 38.5. The molecule has 0 spiro atoms. The van der Waals surface area contributed by atoms with Gasteiger partial charge in [-0.3, -0.25) is 4.79 Å². The smallest absolute Gasteiger partial charge is 0.255 e. The molecule has 1 unspecified atom stereocenters. The van der Waals surface area contributed by atoms with Gasteiger partial charge in [0.15, 0.2) is 6.61 Å². The molecule has 1 aliphatic rings. The molecular weight excluding hydrogens is 396 g/mol. The van der Waals surface area contributed by atoms with E-state index >= 15 is 0 Å². The van der Waals surface area contributed by atoms with Gasteiger partial charge in [-0.2, -0.15) is 9.29 Å². The minimum atomic E-state index is -3.68. The molecule has 2 aromatic rings. The van der Waals surface area contributed by atoms with Crippen LogP contribution in [0.3, 0.4) is 0 Å². The van der Waals surface area contributed by atoms with Crippen molar-refractivity contribution >= 4 is 15.9 Å². The molecule has 1 aromatic carbocycles. The van der Waals surface area contributed by atoms with E-state index in [9.17, 15) is 13.2 Å². The minimum absolute atomic E-state index is 0.151. The number of primary amides is 1. The van der Waals surface area contributed by atoms with Crippen molar-refractivity contribution in [3.63, 3.8) is 0 Å². The summed E-state index contributed by atoms with van der Waals surface area (Å²) in [6.07, 6.45) is 1.14. The number of sulfonamides is 1. The van der Waals surface area contributed by atoms with E-state index < -0.39 is 15.9 Å². The Morgan fingerprint density at radius 2 is 1.97 bits per heavy atom. The molecule has 0 aliphatic carbocycles. The molecule has 0 radical (unpaired) electrons. The number of nitrogens with zero attached hydrogens (tertiary/aromatic N) is 3. The van der Waals surface area contributed by atoms with Crippen LogP contribution in [0.4, 0.5) is 0 Å². The Labute approximate surface area is 169 Å². The first kappa shape index (κ1) is 21.0. The number of nitrogens with two attached hydrogens (primary N) is 1. The highest BCUT2D eigenvalue weighted by atomic mass is 32.2. The molecule has 29 heavy (non-hydrogen) atoms. The summed E-state index contributed by atoms with van der Waals surface area (Å²) in [6, 6.07) is 7.65. The second-order valence-electron chi connectivity index (χ2n) is 6.87. The van der Waals surface area contributed by atoms with Crippen molar-refractivity contribution in [3.05, 3.63) is 41.9 Å². The summed E-state index contributed by atoms with van der Waals surface area (Å²) in [4.78, 5) is 19.4. The van der Waals surface area contributed by atoms with Crippen LogP contribution in [0, 0.1) is 13.8 Å². The molecule has 1 aliphatic heterocycles. The van der Waals surface area contributed by atoms with Gasteiger partial charge in [-0.1, -0.05) is 0 Å². The van der Waals surface area contributed by atoms with Gasteiger partial charge in [-0.05, 0) is 51.0 Å². The predicted molar refractivity (Wildman–Crippen MR) is 105 cm³/mol. The van der Waals surface area contributed by atoms with Crippen LogP contribution in [0.1, 0.15) is 24.4 Å². The number of carbonyl (C=O) groups is 1. The molecule has 10 heteroatoms. The highest BCUT2D eigenvalue weighted by Crippen LogP contribution is 2.24. The molecule has 9 nitrogen and oxygen atoms in total. The van der Waals surface area contributed by atoms with Crippen molar-refractivity contribution in [2.45, 2.75) is 37.7 Å². The van der Waals surface area contributed by atoms with Crippen LogP contribution < -0.4 is 15.2 Å². The second kappa shape index (κ2) is 8.75. The summed E-state index contributed by atoms with van der Waals surface area (Å²) >= 11 is 0. The first-order valence-electron chi connectivity index (χ1n) is 9.24. The molecule has 1 aromatic heterocycles. The van der Waals surface area contributed by atoms with Gasteiger partial charge < -0.3 is 15.2 Å². The van der Waals surface area contributed by atoms with Crippen LogP contribution in [0.15, 0.2) is 35.2 Å². The lowest BCUT2D eigenvalue weighted by Gasteiger charge is -2.31. The Balaban J connectivity index is 1.69. The van der Waals surface area contributed by atoms with Crippen molar-refractivity contribution in [2.24, 2.45) is 5.73 Å². The fourth-order valence-corrected chi connectivity index (χ4v) is 4.66. The van der Waals surface area contributed by atoms with Crippen LogP contribution >= 0.6 is 0 Å². The summed E-state index contributed by atoms with van der Waals surface area (Å²) in [5.74, 6) is 0.835. The number of rotatable bonds is 7. The van der Waals surface area contributed by atoms with E-state index in [0.29, 0.717) is 30.4 Å². The van der Waals surface area contributed by atoms with E-state index in [4.69, 9.17) is 15.2 Å². The van der Waals surface area contributed by atoms with E-state index in [1.165, 1.54) is 28.6 Å². The number of benzene rings is 1. The van der Waals surface area contributed by atoms with Crippen LogP contribution in [0.2, 0.25) is 0 Å². The Morgan fingerprint density at radius 1 is 1.24 bits per heavy atom. The van der Waals surface area contributed by atoms with Gasteiger partial charge in [0.25, 0.3) is 5.91 Å². The number of aryl methyl sites for hydroxylation is 2. The van der Waals surface area contributed by atoms with E-state index in [2.05, 4.69) is 9.97 Å². The zero-order valence-corrected chi connectivity index (χ0v) is 17.2. The molecule has 0 bridgehead atoms. The summed E-state index contributed by atoms with van der Waals surface area (Å²) in [5, 5.41) is 0. The zero-order valence-electron chi connectivity index (χ0n) is 16.4. The second-order valence-corrected chi connectivity index (χ2v) is 8.80. The summed E-state index contributed by atoms with van der Waals surface area (Å²) in [6.45, 7) is 4.04. The van der Waals surface area contributed by atoms with E-state index in [1.807, 2.05) is 6.92 Å². The number of ether oxygens (including phenoxy) is 2. The lowest BCUT2D eigenvalue weighted by atomic mass is 10.1. The van der Waals surface area contributed by atoms with Crippen molar-refractivity contribution in [1.82, 2.24) is 14.3 Å². The van der Waals surface area contributed by atoms with Gasteiger partial charge in [-0.15, -0.1) is 0 Å². The molecule has 2 heterocycles. The molecule has 1 amide bonds. The number of hydrogen-bond acceptors (Lipinski definition) is 7. The van der Waals surface area contributed by atoms with Gasteiger partial charge >= 0.3 is 0 Å². The fourth-order valence-electron chi connectivity index (χ4n) is 3.14. The maximum atomic E-state index is 13.0. The first-order chi connectivity index (χ1) is 13.7. The molecule has 1 atom stereocenters. The summed E-state index contributed by atoms with van der Waals surface area (Å²) in [5.41, 5.74) is 5.83. The van der Waals surface area contributed by atoms with Crippen LogP contribution in [0.25, 0.3) is 0 Å². The number of carbonyl (C=O) groups excluding carboxylic acids is 1. The quantitative estimate of drug-likeness (QED) is 0.713. The van der Waals surface area contributed by atoms with Crippen LogP contribution in [-0.4, -0.2) is 54.4 Å². The Kier molecular flexibility index (Phi) is 6.33. The maximum Gasteiger partial charge on any atom is 0.255 e. The standard InChI is InChI=1S/C19H24N4O5S/c1-13-10-19(22-14(2)21-13)28-16-4-3-9-23(11-16)29(25,26)17-7-5-15(6-8-17)27-12-18(20)24/h5-8,10,16H,3-4,9,11-12H2,1-2H3,(H2,20,24). The normalized spacial score (nSPS) is 17.7. The third-order valence-electron chi connectivity index (χ3n) is 4.41. The third-order valence-corrected chi connectivity index (χ3v) is 6.29. The number of amides is 1. The van der Waals surface area contributed by atoms with Gasteiger partial charge in [0.2, 0.25) is 15.9 Å². The first-order valence-corrected chi connectivity index (χ1v) is 10.7. The topological polar surface area (TPSA) is 125 Å². The molecule has 3 rings (SSSR count). The largest absolute Gasteiger partial charge is 0.484 e. The van der Waals surface area contributed by atoms with E-state index in [-0.39, 0.29) is 24.2 Å². The molecular formula is C19H24N4O5S. The summed E-state index contributed by atoms with van der Waals surface area (Å²) in [7, 11) is -3.68. The third kappa shape index (κ3) is 5.42. The number of piperidine rings is 1. The van der Waals surface area contributed by atoms with Gasteiger partial charge in [0.05, 0.1) is 11.4 Å². The van der Waals surface area contributed by atoms with Crippen molar-refractivity contribution in [1.29, 1.82) is 0 Å². The minimum Gasteiger partial charge on any atom is -0.484 e. The monoisotopic (exact) mass is 420 g/mol. The van der Waals surface area contributed by atoms with Crippen molar-refractivity contribution < 1.29 is 22.7 Å².